The second-order valence-corrected chi connectivity index (χ2v) is 14.9. The van der Waals surface area contributed by atoms with Crippen LogP contribution in [0.3, 0.4) is 0 Å². The molecule has 0 saturated heterocycles. The van der Waals surface area contributed by atoms with Gasteiger partial charge in [-0.1, -0.05) is 93.5 Å². The minimum Gasteiger partial charge on any atom is -0.557 e. The summed E-state index contributed by atoms with van der Waals surface area (Å²) in [7, 11) is 0. The summed E-state index contributed by atoms with van der Waals surface area (Å²) in [6.45, 7) is 26.1. The van der Waals surface area contributed by atoms with Gasteiger partial charge in [0, 0.05) is 4.75 Å². The van der Waals surface area contributed by atoms with Crippen LogP contribution in [-0.4, -0.2) is 11.7 Å². The maximum Gasteiger partial charge on any atom is 0.358 e. The Morgan fingerprint density at radius 3 is 1.65 bits per heavy atom. The molecule has 180 valence electrons. The first kappa shape index (κ1) is 27.2. The SMILES string of the molecule is C=C(OB(C[C@H]1C[C@H](C)CC[C@H]1C(C)C)C[C@H]1C[C@H](C)CC[C@H]1C(C)C)SC(C)(C)C. The van der Waals surface area contributed by atoms with Gasteiger partial charge in [0.1, 0.15) is 5.09 Å². The van der Waals surface area contributed by atoms with Gasteiger partial charge in [-0.2, -0.15) is 0 Å². The van der Waals surface area contributed by atoms with Gasteiger partial charge in [-0.15, -0.1) is 0 Å². The molecule has 0 aromatic carbocycles. The predicted molar refractivity (Wildman–Crippen MR) is 143 cm³/mol. The molecule has 31 heavy (non-hydrogen) atoms. The third-order valence-electron chi connectivity index (χ3n) is 8.17. The van der Waals surface area contributed by atoms with Gasteiger partial charge >= 0.3 is 6.92 Å². The average molecular weight is 449 g/mol. The van der Waals surface area contributed by atoms with Crippen molar-refractivity contribution in [1.29, 1.82) is 0 Å². The monoisotopic (exact) mass is 448 g/mol. The maximum absolute atomic E-state index is 6.73. The molecule has 2 rings (SSSR count). The zero-order valence-electron chi connectivity index (χ0n) is 22.4. The smallest absolute Gasteiger partial charge is 0.358 e. The summed E-state index contributed by atoms with van der Waals surface area (Å²) >= 11 is 1.81. The number of rotatable bonds is 9. The van der Waals surface area contributed by atoms with Crippen molar-refractivity contribution in [1.82, 2.24) is 0 Å². The van der Waals surface area contributed by atoms with E-state index in [0.29, 0.717) is 6.92 Å². The van der Waals surface area contributed by atoms with Crippen LogP contribution in [0.1, 0.15) is 101 Å². The van der Waals surface area contributed by atoms with Crippen LogP contribution in [0.4, 0.5) is 0 Å². The molecule has 0 spiro atoms. The van der Waals surface area contributed by atoms with Crippen molar-refractivity contribution in [2.75, 3.05) is 0 Å². The highest BCUT2D eigenvalue weighted by molar-refractivity contribution is 8.04. The number of hydrogen-bond donors (Lipinski definition) is 0. The molecule has 0 radical (unpaired) electrons. The summed E-state index contributed by atoms with van der Waals surface area (Å²) in [5, 5.41) is 0.937. The highest BCUT2D eigenvalue weighted by Crippen LogP contribution is 2.45. The summed E-state index contributed by atoms with van der Waals surface area (Å²) in [4.78, 5) is 0. The van der Waals surface area contributed by atoms with Crippen LogP contribution in [0.25, 0.3) is 0 Å². The summed E-state index contributed by atoms with van der Waals surface area (Å²) in [6, 6.07) is 0. The molecule has 0 aromatic heterocycles. The van der Waals surface area contributed by atoms with Crippen LogP contribution in [0.2, 0.25) is 12.6 Å². The number of thioether (sulfide) groups is 1. The second-order valence-electron chi connectivity index (χ2n) is 13.0. The molecule has 0 aliphatic heterocycles. The molecule has 0 aromatic rings. The Morgan fingerprint density at radius 2 is 1.29 bits per heavy atom. The lowest BCUT2D eigenvalue weighted by Crippen LogP contribution is -2.36. The van der Waals surface area contributed by atoms with Gasteiger partial charge in [0.2, 0.25) is 0 Å². The van der Waals surface area contributed by atoms with Gasteiger partial charge in [0.25, 0.3) is 0 Å². The Balaban J connectivity index is 2.17. The van der Waals surface area contributed by atoms with Crippen molar-refractivity contribution < 1.29 is 4.65 Å². The van der Waals surface area contributed by atoms with Crippen molar-refractivity contribution >= 4 is 18.7 Å². The maximum atomic E-state index is 6.73. The predicted octanol–water partition coefficient (Wildman–Crippen LogP) is 9.41. The first-order chi connectivity index (χ1) is 14.4. The quantitative estimate of drug-likeness (QED) is 0.257. The molecule has 0 bridgehead atoms. The van der Waals surface area contributed by atoms with E-state index in [4.69, 9.17) is 4.65 Å². The lowest BCUT2D eigenvalue weighted by atomic mass is 9.49. The van der Waals surface area contributed by atoms with E-state index >= 15 is 0 Å². The largest absolute Gasteiger partial charge is 0.557 e. The molecule has 0 amide bonds. The van der Waals surface area contributed by atoms with E-state index in [2.05, 4.69) is 68.9 Å². The summed E-state index contributed by atoms with van der Waals surface area (Å²) < 4.78 is 6.88. The molecule has 2 fully saturated rings. The third kappa shape index (κ3) is 9.02. The van der Waals surface area contributed by atoms with Gasteiger partial charge in [0.15, 0.2) is 0 Å². The van der Waals surface area contributed by atoms with Crippen LogP contribution in [-0.2, 0) is 4.65 Å². The van der Waals surface area contributed by atoms with Crippen molar-refractivity contribution in [2.45, 2.75) is 118 Å². The highest BCUT2D eigenvalue weighted by atomic mass is 32.2. The van der Waals surface area contributed by atoms with E-state index in [1.165, 1.54) is 51.2 Å². The fraction of sp³-hybridized carbons (Fsp3) is 0.929. The standard InChI is InChI=1S/C28H53BOS/c1-19(2)26-13-11-21(5)15-24(26)17-29(30-23(7)31-28(8,9)10)18-25-16-22(6)12-14-27(25)20(3)4/h19-22,24-27H,7,11-18H2,1-6,8-10H3/t21-,22-,24-,25-,26+,27+/m1/s1. The molecular weight excluding hydrogens is 395 g/mol. The Kier molecular flexibility index (Phi) is 10.4. The number of hydrogen-bond acceptors (Lipinski definition) is 2. The fourth-order valence-corrected chi connectivity index (χ4v) is 7.63. The van der Waals surface area contributed by atoms with Crippen molar-refractivity contribution in [3.8, 4) is 0 Å². The Bertz CT molecular complexity index is 518. The Hall–Kier alpha value is -0.0451. The van der Waals surface area contributed by atoms with E-state index in [0.717, 1.165) is 52.4 Å². The van der Waals surface area contributed by atoms with Gasteiger partial charge in [-0.25, -0.2) is 0 Å². The van der Waals surface area contributed by atoms with Crippen LogP contribution in [0.5, 0.6) is 0 Å². The van der Waals surface area contributed by atoms with E-state index in [1.807, 2.05) is 11.8 Å². The van der Waals surface area contributed by atoms with Crippen molar-refractivity contribution in [2.24, 2.45) is 47.3 Å². The molecule has 3 heteroatoms. The summed E-state index contributed by atoms with van der Waals surface area (Å²) in [5.41, 5.74) is 0. The molecule has 2 saturated carbocycles. The molecule has 0 N–H and O–H groups in total. The van der Waals surface area contributed by atoms with Crippen molar-refractivity contribution in [3.05, 3.63) is 11.7 Å². The Morgan fingerprint density at radius 1 is 0.871 bits per heavy atom. The molecule has 6 atom stereocenters. The molecule has 1 nitrogen and oxygen atoms in total. The minimum absolute atomic E-state index is 0.154. The average Bonchev–Trinajstić information content (AvgIpc) is 2.59. The molecule has 0 heterocycles. The van der Waals surface area contributed by atoms with Gasteiger partial charge in [-0.05, 0) is 85.7 Å². The second kappa shape index (κ2) is 11.9. The van der Waals surface area contributed by atoms with Crippen LogP contribution in [0, 0.1) is 47.3 Å². The van der Waals surface area contributed by atoms with Gasteiger partial charge in [-0.3, -0.25) is 0 Å². The van der Waals surface area contributed by atoms with E-state index in [1.54, 1.807) is 0 Å². The Labute approximate surface area is 200 Å². The van der Waals surface area contributed by atoms with Crippen LogP contribution in [0.15, 0.2) is 11.7 Å². The minimum atomic E-state index is 0.154. The third-order valence-corrected chi connectivity index (χ3v) is 9.11. The zero-order chi connectivity index (χ0) is 23.3. The summed E-state index contributed by atoms with van der Waals surface area (Å²) in [5.74, 6) is 6.62. The van der Waals surface area contributed by atoms with E-state index < -0.39 is 0 Å². The molecule has 0 unspecified atom stereocenters. The first-order valence-electron chi connectivity index (χ1n) is 13.4. The lowest BCUT2D eigenvalue weighted by Gasteiger charge is -2.41. The van der Waals surface area contributed by atoms with Crippen LogP contribution >= 0.6 is 11.8 Å². The zero-order valence-corrected chi connectivity index (χ0v) is 23.2. The highest BCUT2D eigenvalue weighted by Gasteiger charge is 2.39. The van der Waals surface area contributed by atoms with E-state index in [-0.39, 0.29) is 4.75 Å². The van der Waals surface area contributed by atoms with Gasteiger partial charge in [0.05, 0.1) is 0 Å². The molecule has 2 aliphatic rings. The molecule has 2 aliphatic carbocycles. The first-order valence-corrected chi connectivity index (χ1v) is 14.2. The van der Waals surface area contributed by atoms with Crippen molar-refractivity contribution in [3.63, 3.8) is 0 Å². The molecular formula is C28H53BOS. The normalized spacial score (nSPS) is 32.4. The summed E-state index contributed by atoms with van der Waals surface area (Å²) in [6.07, 6.45) is 10.9. The topological polar surface area (TPSA) is 9.23 Å². The van der Waals surface area contributed by atoms with Crippen LogP contribution < -0.4 is 0 Å². The fourth-order valence-electron chi connectivity index (χ4n) is 6.76. The van der Waals surface area contributed by atoms with Gasteiger partial charge < -0.3 is 4.65 Å². The van der Waals surface area contributed by atoms with E-state index in [9.17, 15) is 0 Å². The lowest BCUT2D eigenvalue weighted by molar-refractivity contribution is 0.146.